The van der Waals surface area contributed by atoms with E-state index in [1.165, 1.54) is 0 Å². The van der Waals surface area contributed by atoms with Gasteiger partial charge < -0.3 is 9.47 Å². The van der Waals surface area contributed by atoms with Crippen molar-refractivity contribution in [1.82, 2.24) is 20.2 Å². The molecule has 0 amide bonds. The molecule has 0 bridgehead atoms. The molecule has 0 aliphatic rings. The first-order chi connectivity index (χ1) is 10.2. The zero-order valence-electron chi connectivity index (χ0n) is 11.1. The lowest BCUT2D eigenvalue weighted by Crippen LogP contribution is -1.96. The van der Waals surface area contributed by atoms with Crippen LogP contribution in [0.15, 0.2) is 22.8 Å². The van der Waals surface area contributed by atoms with E-state index in [9.17, 15) is 0 Å². The van der Waals surface area contributed by atoms with Gasteiger partial charge in [-0.3, -0.25) is 5.10 Å². The van der Waals surface area contributed by atoms with Crippen LogP contribution >= 0.6 is 27.5 Å². The van der Waals surface area contributed by atoms with Crippen LogP contribution in [-0.4, -0.2) is 34.4 Å². The molecule has 0 saturated carbocycles. The number of H-pyrrole nitrogens is 1. The van der Waals surface area contributed by atoms with Crippen molar-refractivity contribution in [1.29, 1.82) is 0 Å². The molecule has 0 fully saturated rings. The minimum Gasteiger partial charge on any atom is -0.495 e. The first-order valence-corrected chi connectivity index (χ1v) is 7.10. The van der Waals surface area contributed by atoms with Gasteiger partial charge in [0.2, 0.25) is 5.28 Å². The molecule has 3 rings (SSSR count). The van der Waals surface area contributed by atoms with Crippen molar-refractivity contribution in [2.45, 2.75) is 0 Å². The van der Waals surface area contributed by atoms with E-state index < -0.39 is 0 Å². The molecule has 8 heteroatoms. The quantitative estimate of drug-likeness (QED) is 0.716. The summed E-state index contributed by atoms with van der Waals surface area (Å²) in [6.45, 7) is 0. The van der Waals surface area contributed by atoms with Crippen LogP contribution in [0, 0.1) is 0 Å². The molecule has 2 heterocycles. The number of methoxy groups -OCH3 is 2. The van der Waals surface area contributed by atoms with E-state index in [1.54, 1.807) is 20.4 Å². The normalized spacial score (nSPS) is 10.9. The summed E-state index contributed by atoms with van der Waals surface area (Å²) >= 11 is 9.45. The summed E-state index contributed by atoms with van der Waals surface area (Å²) in [4.78, 5) is 8.39. The van der Waals surface area contributed by atoms with Crippen molar-refractivity contribution in [3.05, 3.63) is 28.1 Å². The van der Waals surface area contributed by atoms with Gasteiger partial charge in [0.15, 0.2) is 5.65 Å². The van der Waals surface area contributed by atoms with E-state index in [2.05, 4.69) is 36.1 Å². The number of benzene rings is 1. The maximum atomic E-state index is 5.98. The Labute approximate surface area is 133 Å². The Morgan fingerprint density at radius 3 is 2.71 bits per heavy atom. The first kappa shape index (κ1) is 14.1. The predicted molar refractivity (Wildman–Crippen MR) is 82.9 cm³/mol. The molecule has 0 saturated heterocycles. The summed E-state index contributed by atoms with van der Waals surface area (Å²) in [5.41, 5.74) is 1.97. The molecule has 108 valence electrons. The van der Waals surface area contributed by atoms with Crippen LogP contribution in [0.25, 0.3) is 22.3 Å². The number of nitrogens with one attached hydrogen (secondary N) is 1. The highest BCUT2D eigenvalue weighted by Gasteiger charge is 2.19. The van der Waals surface area contributed by atoms with Crippen molar-refractivity contribution in [2.75, 3.05) is 14.2 Å². The topological polar surface area (TPSA) is 72.9 Å². The number of fused-ring (bicyclic) bond motifs is 1. The van der Waals surface area contributed by atoms with Gasteiger partial charge in [-0.15, -0.1) is 0 Å². The predicted octanol–water partition coefficient (Wildman–Crippen LogP) is 3.45. The van der Waals surface area contributed by atoms with E-state index >= 15 is 0 Å². The fourth-order valence-corrected chi connectivity index (χ4v) is 2.93. The van der Waals surface area contributed by atoms with Gasteiger partial charge in [0, 0.05) is 5.56 Å². The monoisotopic (exact) mass is 368 g/mol. The third-order valence-electron chi connectivity index (χ3n) is 3.02. The maximum absolute atomic E-state index is 5.98. The number of halogens is 2. The lowest BCUT2D eigenvalue weighted by Gasteiger charge is -2.13. The minimum absolute atomic E-state index is 0.135. The van der Waals surface area contributed by atoms with Crippen LogP contribution in [0.2, 0.25) is 5.28 Å². The van der Waals surface area contributed by atoms with Crippen molar-refractivity contribution < 1.29 is 9.47 Å². The van der Waals surface area contributed by atoms with E-state index in [1.807, 2.05) is 12.1 Å². The highest BCUT2D eigenvalue weighted by Crippen LogP contribution is 2.42. The summed E-state index contributed by atoms with van der Waals surface area (Å²) in [6, 6.07) is 3.68. The second kappa shape index (κ2) is 5.50. The van der Waals surface area contributed by atoms with Crippen LogP contribution in [0.5, 0.6) is 11.5 Å². The Kier molecular flexibility index (Phi) is 3.69. The Balaban J connectivity index is 2.32. The third-order valence-corrected chi connectivity index (χ3v) is 3.94. The number of hydrogen-bond acceptors (Lipinski definition) is 5. The van der Waals surface area contributed by atoms with Gasteiger partial charge in [0.1, 0.15) is 16.0 Å². The standard InChI is InChI=1S/C13H10BrClN4O2/c1-20-8-4-3-6(11(21-2)9(8)14)10-7-5-16-19-12(7)18-13(15)17-10/h3-5H,1-2H3,(H,16,17,18,19). The molecule has 0 spiro atoms. The van der Waals surface area contributed by atoms with Crippen LogP contribution in [0.4, 0.5) is 0 Å². The average Bonchev–Trinajstić information content (AvgIpc) is 2.94. The fourth-order valence-electron chi connectivity index (χ4n) is 2.09. The Hall–Kier alpha value is -1.86. The highest BCUT2D eigenvalue weighted by molar-refractivity contribution is 9.10. The fraction of sp³-hybridized carbons (Fsp3) is 0.154. The molecule has 1 aromatic carbocycles. The van der Waals surface area contributed by atoms with E-state index in [0.29, 0.717) is 27.3 Å². The second-order valence-corrected chi connectivity index (χ2v) is 5.27. The molecule has 21 heavy (non-hydrogen) atoms. The van der Waals surface area contributed by atoms with Gasteiger partial charge in [-0.25, -0.2) is 4.98 Å². The summed E-state index contributed by atoms with van der Waals surface area (Å²) in [5, 5.41) is 7.65. The zero-order valence-corrected chi connectivity index (χ0v) is 13.5. The van der Waals surface area contributed by atoms with Gasteiger partial charge in [0.25, 0.3) is 0 Å². The molecule has 1 N–H and O–H groups in total. The van der Waals surface area contributed by atoms with Crippen molar-refractivity contribution in [3.8, 4) is 22.8 Å². The van der Waals surface area contributed by atoms with Crippen LogP contribution < -0.4 is 9.47 Å². The SMILES string of the molecule is COc1ccc(-c2nc(Cl)nc3[nH]ncc23)c(OC)c1Br. The van der Waals surface area contributed by atoms with Gasteiger partial charge >= 0.3 is 0 Å². The number of nitrogens with zero attached hydrogens (tertiary/aromatic N) is 3. The lowest BCUT2D eigenvalue weighted by molar-refractivity contribution is 0.390. The molecule has 0 radical (unpaired) electrons. The van der Waals surface area contributed by atoms with Crippen LogP contribution in [0.1, 0.15) is 0 Å². The van der Waals surface area contributed by atoms with E-state index in [0.717, 1.165) is 10.9 Å². The van der Waals surface area contributed by atoms with Crippen molar-refractivity contribution >= 4 is 38.6 Å². The molecule has 0 aliphatic carbocycles. The summed E-state index contributed by atoms with van der Waals surface area (Å²) in [7, 11) is 3.17. The first-order valence-electron chi connectivity index (χ1n) is 5.93. The Bertz CT molecular complexity index is 821. The van der Waals surface area contributed by atoms with Gasteiger partial charge in [-0.1, -0.05) is 0 Å². The van der Waals surface area contributed by atoms with Gasteiger partial charge in [-0.05, 0) is 39.7 Å². The molecule has 6 nitrogen and oxygen atoms in total. The number of ether oxygens (including phenoxy) is 2. The lowest BCUT2D eigenvalue weighted by atomic mass is 10.1. The third kappa shape index (κ3) is 2.32. The largest absolute Gasteiger partial charge is 0.495 e. The van der Waals surface area contributed by atoms with Gasteiger partial charge in [-0.2, -0.15) is 10.1 Å². The summed E-state index contributed by atoms with van der Waals surface area (Å²) in [6.07, 6.45) is 1.65. The smallest absolute Gasteiger partial charge is 0.224 e. The van der Waals surface area contributed by atoms with Gasteiger partial charge in [0.05, 0.1) is 31.5 Å². The molecule has 0 atom stereocenters. The van der Waals surface area contributed by atoms with Crippen molar-refractivity contribution in [3.63, 3.8) is 0 Å². The van der Waals surface area contributed by atoms with E-state index in [4.69, 9.17) is 21.1 Å². The Morgan fingerprint density at radius 2 is 2.00 bits per heavy atom. The molecule has 2 aromatic heterocycles. The summed E-state index contributed by atoms with van der Waals surface area (Å²) < 4.78 is 11.5. The minimum atomic E-state index is 0.135. The molecule has 3 aromatic rings. The maximum Gasteiger partial charge on any atom is 0.224 e. The molecule has 0 aliphatic heterocycles. The highest BCUT2D eigenvalue weighted by atomic mass is 79.9. The molecular weight excluding hydrogens is 360 g/mol. The van der Waals surface area contributed by atoms with E-state index in [-0.39, 0.29) is 5.28 Å². The van der Waals surface area contributed by atoms with Crippen LogP contribution in [-0.2, 0) is 0 Å². The number of aromatic nitrogens is 4. The average molecular weight is 370 g/mol. The van der Waals surface area contributed by atoms with Crippen LogP contribution in [0.3, 0.4) is 0 Å². The molecular formula is C13H10BrClN4O2. The number of rotatable bonds is 3. The molecule has 0 unspecified atom stereocenters. The number of hydrogen-bond donors (Lipinski definition) is 1. The summed E-state index contributed by atoms with van der Waals surface area (Å²) in [5.74, 6) is 1.27. The zero-order chi connectivity index (χ0) is 15.0. The van der Waals surface area contributed by atoms with Crippen molar-refractivity contribution in [2.24, 2.45) is 0 Å². The number of aromatic amines is 1. The Morgan fingerprint density at radius 1 is 1.19 bits per heavy atom. The second-order valence-electron chi connectivity index (χ2n) is 4.14.